The number of hydrogen-bond acceptors (Lipinski definition) is 2. The van der Waals surface area contributed by atoms with E-state index in [1.54, 1.807) is 4.90 Å². The second-order valence-corrected chi connectivity index (χ2v) is 5.69. The average molecular weight is 236 g/mol. The van der Waals surface area contributed by atoms with Crippen molar-refractivity contribution in [3.05, 3.63) is 0 Å². The van der Waals surface area contributed by atoms with Crippen LogP contribution in [0.5, 0.6) is 0 Å². The molecule has 17 heavy (non-hydrogen) atoms. The molecule has 0 unspecified atom stereocenters. The van der Waals surface area contributed by atoms with Crippen LogP contribution in [-0.2, 0) is 9.59 Å². The minimum atomic E-state index is 0.169. The summed E-state index contributed by atoms with van der Waals surface area (Å²) in [4.78, 5) is 26.7. The topological polar surface area (TPSA) is 40.6 Å². The summed E-state index contributed by atoms with van der Waals surface area (Å²) in [5, 5.41) is 0. The van der Waals surface area contributed by atoms with E-state index in [1.807, 2.05) is 0 Å². The number of nitrogens with zero attached hydrogens (tertiary/aromatic N) is 2. The lowest BCUT2D eigenvalue weighted by Crippen LogP contribution is -2.55. The molecular formula is C13H20N2O2. The Bertz CT molecular complexity index is 331. The quantitative estimate of drug-likeness (QED) is 0.637. The monoisotopic (exact) mass is 236 g/mol. The minimum Gasteiger partial charge on any atom is -0.334 e. The molecule has 4 nitrogen and oxygen atoms in total. The molecule has 0 N–H and O–H groups in total. The Kier molecular flexibility index (Phi) is 2.81. The summed E-state index contributed by atoms with van der Waals surface area (Å²) in [6.07, 6.45) is 8.27. The highest BCUT2D eigenvalue weighted by Crippen LogP contribution is 2.40. The summed E-state index contributed by atoms with van der Waals surface area (Å²) in [6.45, 7) is 1.05. The number of hydrogen-bond donors (Lipinski definition) is 0. The van der Waals surface area contributed by atoms with Crippen LogP contribution in [-0.4, -0.2) is 47.3 Å². The van der Waals surface area contributed by atoms with Crippen molar-refractivity contribution in [3.63, 3.8) is 0 Å². The van der Waals surface area contributed by atoms with Gasteiger partial charge in [0.1, 0.15) is 0 Å². The maximum atomic E-state index is 12.1. The zero-order chi connectivity index (χ0) is 11.8. The summed E-state index contributed by atoms with van der Waals surface area (Å²) in [7, 11) is 0. The van der Waals surface area contributed by atoms with Gasteiger partial charge in [-0.1, -0.05) is 19.3 Å². The first-order valence-corrected chi connectivity index (χ1v) is 6.80. The van der Waals surface area contributed by atoms with Crippen molar-refractivity contribution in [2.45, 2.75) is 50.6 Å². The van der Waals surface area contributed by atoms with E-state index in [-0.39, 0.29) is 5.91 Å². The van der Waals surface area contributed by atoms with Crippen molar-refractivity contribution in [3.8, 4) is 0 Å². The molecule has 1 saturated carbocycles. The Morgan fingerprint density at radius 2 is 2.00 bits per heavy atom. The van der Waals surface area contributed by atoms with Gasteiger partial charge in [-0.15, -0.1) is 0 Å². The molecular weight excluding hydrogens is 216 g/mol. The van der Waals surface area contributed by atoms with Gasteiger partial charge in [0.05, 0.1) is 6.54 Å². The van der Waals surface area contributed by atoms with Crippen LogP contribution < -0.4 is 0 Å². The van der Waals surface area contributed by atoms with Gasteiger partial charge in [0.15, 0.2) is 0 Å². The average Bonchev–Trinajstić information content (AvgIpc) is 2.52. The molecule has 3 rings (SSSR count). The van der Waals surface area contributed by atoms with E-state index in [0.29, 0.717) is 24.5 Å². The lowest BCUT2D eigenvalue weighted by atomic mass is 9.94. The number of rotatable bonds is 1. The van der Waals surface area contributed by atoms with E-state index < -0.39 is 0 Å². The summed E-state index contributed by atoms with van der Waals surface area (Å²) < 4.78 is 0. The fraction of sp³-hybridized carbons (Fsp3) is 0.846. The Balaban J connectivity index is 1.80. The van der Waals surface area contributed by atoms with Crippen molar-refractivity contribution >= 4 is 12.3 Å². The zero-order valence-corrected chi connectivity index (χ0v) is 10.2. The van der Waals surface area contributed by atoms with Crippen molar-refractivity contribution in [1.29, 1.82) is 0 Å². The van der Waals surface area contributed by atoms with Crippen LogP contribution in [0, 0.1) is 5.92 Å². The van der Waals surface area contributed by atoms with Crippen LogP contribution >= 0.6 is 0 Å². The Labute approximate surface area is 102 Å². The maximum absolute atomic E-state index is 12.1. The van der Waals surface area contributed by atoms with Gasteiger partial charge < -0.3 is 9.80 Å². The van der Waals surface area contributed by atoms with Gasteiger partial charge in [-0.3, -0.25) is 9.59 Å². The minimum absolute atomic E-state index is 0.169. The van der Waals surface area contributed by atoms with Crippen molar-refractivity contribution < 1.29 is 9.59 Å². The van der Waals surface area contributed by atoms with Crippen molar-refractivity contribution in [2.75, 3.05) is 13.1 Å². The second-order valence-electron chi connectivity index (χ2n) is 5.69. The van der Waals surface area contributed by atoms with Crippen LogP contribution in [0.3, 0.4) is 0 Å². The van der Waals surface area contributed by atoms with Gasteiger partial charge in [0.25, 0.3) is 0 Å². The molecule has 0 aromatic heterocycles. The predicted molar refractivity (Wildman–Crippen MR) is 63.3 cm³/mol. The number of amides is 2. The molecule has 3 atom stereocenters. The number of carbonyl (C=O) groups is 2. The summed E-state index contributed by atoms with van der Waals surface area (Å²) in [5.74, 6) is 0.862. The molecule has 94 valence electrons. The SMILES string of the molecule is O=CN1CC(=O)N2[C@H](C[C@@H]3CCCCC[C@H]32)C1. The van der Waals surface area contributed by atoms with Gasteiger partial charge in [0.2, 0.25) is 12.3 Å². The fourth-order valence-corrected chi connectivity index (χ4v) is 3.96. The molecule has 3 aliphatic rings. The van der Waals surface area contributed by atoms with Crippen LogP contribution in [0.1, 0.15) is 38.5 Å². The molecule has 2 heterocycles. The van der Waals surface area contributed by atoms with Gasteiger partial charge in [-0.2, -0.15) is 0 Å². The molecule has 2 amide bonds. The van der Waals surface area contributed by atoms with Crippen LogP contribution in [0.15, 0.2) is 0 Å². The third-order valence-electron chi connectivity index (χ3n) is 4.67. The fourth-order valence-electron chi connectivity index (χ4n) is 3.96. The standard InChI is InChI=1S/C13H20N2O2/c16-9-14-7-11-6-10-4-2-1-3-5-12(10)15(11)13(17)8-14/h9-12H,1-8H2/t10-,11+,12+/m0/s1. The molecule has 0 bridgehead atoms. The number of fused-ring (bicyclic) bond motifs is 3. The Morgan fingerprint density at radius 1 is 1.18 bits per heavy atom. The molecule has 0 radical (unpaired) electrons. The molecule has 0 aromatic rings. The van der Waals surface area contributed by atoms with Crippen LogP contribution in [0.2, 0.25) is 0 Å². The van der Waals surface area contributed by atoms with E-state index in [9.17, 15) is 9.59 Å². The molecule has 3 fully saturated rings. The highest BCUT2D eigenvalue weighted by molar-refractivity contribution is 5.82. The van der Waals surface area contributed by atoms with Crippen molar-refractivity contribution in [2.24, 2.45) is 5.92 Å². The van der Waals surface area contributed by atoms with Gasteiger partial charge in [-0.25, -0.2) is 0 Å². The number of carbonyl (C=O) groups excluding carboxylic acids is 2. The normalized spacial score (nSPS) is 37.4. The highest BCUT2D eigenvalue weighted by Gasteiger charge is 2.46. The van der Waals surface area contributed by atoms with Crippen molar-refractivity contribution in [1.82, 2.24) is 9.80 Å². The van der Waals surface area contributed by atoms with E-state index in [4.69, 9.17) is 0 Å². The molecule has 2 saturated heterocycles. The summed E-state index contributed by atoms with van der Waals surface area (Å²) in [5.41, 5.74) is 0. The first kappa shape index (κ1) is 11.1. The van der Waals surface area contributed by atoms with E-state index in [0.717, 1.165) is 19.4 Å². The smallest absolute Gasteiger partial charge is 0.242 e. The van der Waals surface area contributed by atoms with E-state index in [1.165, 1.54) is 32.1 Å². The maximum Gasteiger partial charge on any atom is 0.242 e. The third kappa shape index (κ3) is 1.83. The lowest BCUT2D eigenvalue weighted by Gasteiger charge is -2.38. The third-order valence-corrected chi connectivity index (χ3v) is 4.67. The van der Waals surface area contributed by atoms with E-state index >= 15 is 0 Å². The first-order chi connectivity index (χ1) is 8.29. The first-order valence-electron chi connectivity index (χ1n) is 6.80. The summed E-state index contributed by atoms with van der Waals surface area (Å²) in [6, 6.07) is 0.776. The van der Waals surface area contributed by atoms with Crippen LogP contribution in [0.25, 0.3) is 0 Å². The van der Waals surface area contributed by atoms with E-state index in [2.05, 4.69) is 4.90 Å². The molecule has 1 aliphatic carbocycles. The molecule has 2 aliphatic heterocycles. The molecule has 0 spiro atoms. The predicted octanol–water partition coefficient (Wildman–Crippen LogP) is 1.01. The summed E-state index contributed by atoms with van der Waals surface area (Å²) >= 11 is 0. The van der Waals surface area contributed by atoms with Crippen LogP contribution in [0.4, 0.5) is 0 Å². The number of piperazine rings is 1. The largest absolute Gasteiger partial charge is 0.334 e. The van der Waals surface area contributed by atoms with Gasteiger partial charge in [-0.05, 0) is 25.2 Å². The highest BCUT2D eigenvalue weighted by atomic mass is 16.2. The second kappa shape index (κ2) is 4.31. The zero-order valence-electron chi connectivity index (χ0n) is 10.2. The molecule has 4 heteroatoms. The van der Waals surface area contributed by atoms with Gasteiger partial charge >= 0.3 is 0 Å². The lowest BCUT2D eigenvalue weighted by molar-refractivity contribution is -0.144. The Morgan fingerprint density at radius 3 is 2.82 bits per heavy atom. The Hall–Kier alpha value is -1.06. The van der Waals surface area contributed by atoms with Gasteiger partial charge in [0, 0.05) is 18.6 Å². The molecule has 0 aromatic carbocycles.